The van der Waals surface area contributed by atoms with E-state index in [2.05, 4.69) is 23.9 Å². The molecule has 8 nitrogen and oxygen atoms in total. The molecule has 1 amide bonds. The molecule has 0 saturated carbocycles. The van der Waals surface area contributed by atoms with Gasteiger partial charge in [-0.05, 0) is 38.0 Å². The summed E-state index contributed by atoms with van der Waals surface area (Å²) >= 11 is 0. The molecule has 4 rings (SSSR count). The molecule has 2 atom stereocenters. The lowest BCUT2D eigenvalue weighted by Crippen LogP contribution is -2.45. The van der Waals surface area contributed by atoms with Gasteiger partial charge in [0.25, 0.3) is 5.91 Å². The predicted octanol–water partition coefficient (Wildman–Crippen LogP) is 3.11. The van der Waals surface area contributed by atoms with Gasteiger partial charge in [-0.3, -0.25) is 14.5 Å². The first kappa shape index (κ1) is 19.3. The third-order valence-corrected chi connectivity index (χ3v) is 5.64. The standard InChI is InChI=1S/C21H27N7O/c1-5-14(3)18-20-23-19(16-8-7-9-22-13-16)25-28(20)11-10-26(18)21(29)17-12-15(4)24-27(17)6-2/h7-9,12-14,18H,5-6,10-11H2,1-4H3/t14-,18-/m0/s1. The maximum absolute atomic E-state index is 13.5. The average molecular weight is 393 g/mol. The van der Waals surface area contributed by atoms with Gasteiger partial charge < -0.3 is 4.90 Å². The molecule has 0 fully saturated rings. The topological polar surface area (TPSA) is 81.7 Å². The number of pyridine rings is 1. The van der Waals surface area contributed by atoms with E-state index in [1.807, 2.05) is 41.6 Å². The average Bonchev–Trinajstić information content (AvgIpc) is 3.35. The van der Waals surface area contributed by atoms with E-state index in [1.165, 1.54) is 0 Å². The molecule has 152 valence electrons. The van der Waals surface area contributed by atoms with Gasteiger partial charge in [-0.15, -0.1) is 0 Å². The van der Waals surface area contributed by atoms with E-state index >= 15 is 0 Å². The minimum absolute atomic E-state index is 0.00919. The molecular formula is C21H27N7O. The Bertz CT molecular complexity index is 1010. The monoisotopic (exact) mass is 393 g/mol. The number of amides is 1. The minimum atomic E-state index is -0.125. The van der Waals surface area contributed by atoms with Crippen molar-refractivity contribution in [2.24, 2.45) is 5.92 Å². The maximum Gasteiger partial charge on any atom is 0.272 e. The summed E-state index contributed by atoms with van der Waals surface area (Å²) < 4.78 is 3.73. The third-order valence-electron chi connectivity index (χ3n) is 5.64. The van der Waals surface area contributed by atoms with Crippen molar-refractivity contribution in [3.8, 4) is 11.4 Å². The summed E-state index contributed by atoms with van der Waals surface area (Å²) in [5.74, 6) is 1.76. The molecule has 0 saturated heterocycles. The normalized spacial score (nSPS) is 17.2. The number of carbonyl (C=O) groups is 1. The van der Waals surface area contributed by atoms with Crippen LogP contribution < -0.4 is 0 Å². The first-order valence-corrected chi connectivity index (χ1v) is 10.2. The Hall–Kier alpha value is -3.03. The summed E-state index contributed by atoms with van der Waals surface area (Å²) in [6.07, 6.45) is 4.45. The second kappa shape index (κ2) is 7.77. The highest BCUT2D eigenvalue weighted by Crippen LogP contribution is 2.35. The predicted molar refractivity (Wildman–Crippen MR) is 109 cm³/mol. The van der Waals surface area contributed by atoms with Crippen LogP contribution in [0.3, 0.4) is 0 Å². The van der Waals surface area contributed by atoms with Crippen LogP contribution in [-0.4, -0.2) is 46.9 Å². The van der Waals surface area contributed by atoms with Gasteiger partial charge in [-0.2, -0.15) is 10.2 Å². The fourth-order valence-electron chi connectivity index (χ4n) is 3.95. The van der Waals surface area contributed by atoms with Crippen LogP contribution in [0.25, 0.3) is 11.4 Å². The van der Waals surface area contributed by atoms with Crippen LogP contribution in [0.15, 0.2) is 30.6 Å². The zero-order valence-electron chi connectivity index (χ0n) is 17.4. The van der Waals surface area contributed by atoms with Gasteiger partial charge >= 0.3 is 0 Å². The van der Waals surface area contributed by atoms with E-state index in [9.17, 15) is 4.79 Å². The van der Waals surface area contributed by atoms with E-state index < -0.39 is 0 Å². The quantitative estimate of drug-likeness (QED) is 0.665. The Morgan fingerprint density at radius 2 is 2.10 bits per heavy atom. The van der Waals surface area contributed by atoms with Gasteiger partial charge in [0.1, 0.15) is 5.69 Å². The van der Waals surface area contributed by atoms with Gasteiger partial charge in [-0.25, -0.2) is 9.67 Å². The molecule has 0 N–H and O–H groups in total. The van der Waals surface area contributed by atoms with Crippen LogP contribution in [0.4, 0.5) is 0 Å². The fourth-order valence-corrected chi connectivity index (χ4v) is 3.95. The van der Waals surface area contributed by atoms with Crippen molar-refractivity contribution in [1.82, 2.24) is 34.4 Å². The Labute approximate surface area is 170 Å². The second-order valence-electron chi connectivity index (χ2n) is 7.57. The molecule has 1 aliphatic heterocycles. The number of aryl methyl sites for hydroxylation is 2. The lowest BCUT2D eigenvalue weighted by Gasteiger charge is -2.38. The van der Waals surface area contributed by atoms with Crippen LogP contribution in [-0.2, 0) is 13.1 Å². The van der Waals surface area contributed by atoms with E-state index in [1.54, 1.807) is 17.1 Å². The third kappa shape index (κ3) is 3.43. The molecule has 4 heterocycles. The van der Waals surface area contributed by atoms with E-state index in [0.29, 0.717) is 31.2 Å². The molecule has 0 unspecified atom stereocenters. The van der Waals surface area contributed by atoms with Gasteiger partial charge in [-0.1, -0.05) is 20.3 Å². The second-order valence-corrected chi connectivity index (χ2v) is 7.57. The van der Waals surface area contributed by atoms with Crippen LogP contribution in [0.1, 0.15) is 55.2 Å². The summed E-state index contributed by atoms with van der Waals surface area (Å²) in [7, 11) is 0. The molecular weight excluding hydrogens is 366 g/mol. The van der Waals surface area contributed by atoms with Crippen LogP contribution in [0.2, 0.25) is 0 Å². The maximum atomic E-state index is 13.5. The van der Waals surface area contributed by atoms with Gasteiger partial charge in [0, 0.05) is 31.0 Å². The van der Waals surface area contributed by atoms with E-state index in [-0.39, 0.29) is 17.9 Å². The Kier molecular flexibility index (Phi) is 5.17. The molecule has 3 aromatic rings. The molecule has 29 heavy (non-hydrogen) atoms. The zero-order chi connectivity index (χ0) is 20.5. The Morgan fingerprint density at radius 1 is 1.28 bits per heavy atom. The summed E-state index contributed by atoms with van der Waals surface area (Å²) in [5.41, 5.74) is 2.38. The Balaban J connectivity index is 1.74. The number of rotatable bonds is 5. The molecule has 0 spiro atoms. The lowest BCUT2D eigenvalue weighted by molar-refractivity contribution is 0.0506. The zero-order valence-corrected chi connectivity index (χ0v) is 17.4. The van der Waals surface area contributed by atoms with Crippen molar-refractivity contribution in [3.63, 3.8) is 0 Å². The van der Waals surface area contributed by atoms with Crippen molar-refractivity contribution in [3.05, 3.63) is 47.8 Å². The van der Waals surface area contributed by atoms with Crippen LogP contribution in [0.5, 0.6) is 0 Å². The van der Waals surface area contributed by atoms with Crippen molar-refractivity contribution < 1.29 is 4.79 Å². The molecule has 8 heteroatoms. The van der Waals surface area contributed by atoms with Crippen LogP contribution in [0, 0.1) is 12.8 Å². The summed E-state index contributed by atoms with van der Waals surface area (Å²) in [6.45, 7) is 10.1. The lowest BCUT2D eigenvalue weighted by atomic mass is 9.95. The molecule has 0 radical (unpaired) electrons. The van der Waals surface area contributed by atoms with Crippen molar-refractivity contribution in [1.29, 1.82) is 0 Å². The van der Waals surface area contributed by atoms with E-state index in [4.69, 9.17) is 10.1 Å². The summed E-state index contributed by atoms with van der Waals surface area (Å²) in [4.78, 5) is 24.5. The van der Waals surface area contributed by atoms with Crippen molar-refractivity contribution >= 4 is 5.91 Å². The first-order valence-electron chi connectivity index (χ1n) is 10.2. The fraction of sp³-hybridized carbons (Fsp3) is 0.476. The first-order chi connectivity index (χ1) is 14.0. The number of carbonyl (C=O) groups excluding carboxylic acids is 1. The van der Waals surface area contributed by atoms with Gasteiger partial charge in [0.05, 0.1) is 18.3 Å². The smallest absolute Gasteiger partial charge is 0.272 e. The highest BCUT2D eigenvalue weighted by molar-refractivity contribution is 5.93. The number of hydrogen-bond acceptors (Lipinski definition) is 5. The van der Waals surface area contributed by atoms with Crippen molar-refractivity contribution in [2.45, 2.75) is 53.2 Å². The Morgan fingerprint density at radius 3 is 2.79 bits per heavy atom. The highest BCUT2D eigenvalue weighted by Gasteiger charge is 2.38. The molecule has 3 aromatic heterocycles. The molecule has 0 aromatic carbocycles. The number of aromatic nitrogens is 6. The van der Waals surface area contributed by atoms with Gasteiger partial charge in [0.2, 0.25) is 0 Å². The molecule has 0 bridgehead atoms. The summed E-state index contributed by atoms with van der Waals surface area (Å²) in [5, 5.41) is 9.15. The number of hydrogen-bond donors (Lipinski definition) is 0. The molecule has 0 aliphatic carbocycles. The highest BCUT2D eigenvalue weighted by atomic mass is 16.2. The van der Waals surface area contributed by atoms with Crippen molar-refractivity contribution in [2.75, 3.05) is 6.54 Å². The number of fused-ring (bicyclic) bond motifs is 1. The SMILES string of the molecule is CC[C@H](C)[C@H]1c2nc(-c3cccnc3)nn2CCN1C(=O)c1cc(C)nn1CC. The van der Waals surface area contributed by atoms with Crippen LogP contribution >= 0.6 is 0 Å². The largest absolute Gasteiger partial charge is 0.325 e. The van der Waals surface area contributed by atoms with E-state index in [0.717, 1.165) is 23.5 Å². The summed E-state index contributed by atoms with van der Waals surface area (Å²) in [6, 6.07) is 5.59. The van der Waals surface area contributed by atoms with Gasteiger partial charge in [0.15, 0.2) is 11.6 Å². The number of nitrogens with zero attached hydrogens (tertiary/aromatic N) is 7. The molecule has 1 aliphatic rings. The minimum Gasteiger partial charge on any atom is -0.325 e.